The maximum Gasteiger partial charge on any atom is 0.227 e. The van der Waals surface area contributed by atoms with E-state index in [1.165, 1.54) is 0 Å². The van der Waals surface area contributed by atoms with Gasteiger partial charge in [-0.3, -0.25) is 4.68 Å². The van der Waals surface area contributed by atoms with Crippen LogP contribution in [0.4, 0.5) is 11.6 Å². The summed E-state index contributed by atoms with van der Waals surface area (Å²) in [5.74, 6) is 4.52. The Kier molecular flexibility index (Phi) is 6.68. The van der Waals surface area contributed by atoms with E-state index in [4.69, 9.17) is 15.5 Å². The number of nitrogens with zero attached hydrogens (tertiary/aromatic N) is 4. The van der Waals surface area contributed by atoms with Crippen molar-refractivity contribution in [2.45, 2.75) is 32.6 Å². The molecule has 0 fully saturated rings. The minimum Gasteiger partial charge on any atom is -0.492 e. The second-order valence-electron chi connectivity index (χ2n) is 9.53. The Morgan fingerprint density at radius 3 is 2.65 bits per heavy atom. The number of fused-ring (bicyclic) bond motifs is 1. The second-order valence-corrected chi connectivity index (χ2v) is 14.3. The van der Waals surface area contributed by atoms with Gasteiger partial charge in [-0.2, -0.15) is 5.10 Å². The van der Waals surface area contributed by atoms with Crippen LogP contribution in [0.1, 0.15) is 12.5 Å². The Balaban J connectivity index is 1.62. The van der Waals surface area contributed by atoms with Gasteiger partial charge in [0.15, 0.2) is 0 Å². The van der Waals surface area contributed by atoms with Gasteiger partial charge >= 0.3 is 0 Å². The number of hydrogen-bond donors (Lipinski definition) is 2. The van der Waals surface area contributed by atoms with Crippen LogP contribution in [0.3, 0.4) is 0 Å². The molecule has 0 saturated carbocycles. The number of hydrogen-bond acceptors (Lipinski definition) is 6. The molecule has 4 aromatic rings. The second kappa shape index (κ2) is 9.67. The van der Waals surface area contributed by atoms with Crippen LogP contribution < -0.4 is 15.8 Å². The Bertz CT molecular complexity index is 1380. The van der Waals surface area contributed by atoms with Gasteiger partial charge in [0.25, 0.3) is 0 Å². The lowest BCUT2D eigenvalue weighted by atomic mass is 10.1. The highest BCUT2D eigenvalue weighted by Crippen LogP contribution is 2.30. The fourth-order valence-electron chi connectivity index (χ4n) is 3.28. The molecular weight excluding hydrogens is 440 g/mol. The number of ether oxygens (including phenoxy) is 1. The summed E-state index contributed by atoms with van der Waals surface area (Å²) >= 11 is 0. The molecule has 0 spiro atoms. The average Bonchev–Trinajstić information content (AvgIpc) is 3.22. The fourth-order valence-corrected chi connectivity index (χ4v) is 3.80. The van der Waals surface area contributed by atoms with Crippen LogP contribution in [0.15, 0.2) is 55.0 Å². The molecule has 4 rings (SSSR count). The molecule has 1 unspecified atom stereocenters. The van der Waals surface area contributed by atoms with Crippen molar-refractivity contribution in [3.8, 4) is 28.3 Å². The molecule has 174 valence electrons. The lowest BCUT2D eigenvalue weighted by Gasteiger charge is -2.13. The third-order valence-corrected chi connectivity index (χ3v) is 5.75. The Labute approximate surface area is 201 Å². The van der Waals surface area contributed by atoms with Gasteiger partial charge in [0.1, 0.15) is 20.4 Å². The molecule has 0 radical (unpaired) electrons. The summed E-state index contributed by atoms with van der Waals surface area (Å²) < 4.78 is 7.67. The molecule has 1 atom stereocenters. The topological polar surface area (TPSA) is 90.9 Å². The molecule has 7 nitrogen and oxygen atoms in total. The molecule has 2 aromatic carbocycles. The smallest absolute Gasteiger partial charge is 0.227 e. The highest BCUT2D eigenvalue weighted by atomic mass is 28.3. The van der Waals surface area contributed by atoms with Crippen LogP contribution in [0.2, 0.25) is 19.6 Å². The zero-order valence-electron chi connectivity index (χ0n) is 20.3. The molecule has 0 aliphatic rings. The SMILES string of the molecule is CC(N)COc1cc(Nc2ncc3cc(C#C[Si](C)(C)C)ccc3n2)cc(-c2cnn(C)c2)c1. The number of nitrogens with two attached hydrogens (primary N) is 1. The van der Waals surface area contributed by atoms with E-state index in [1.54, 1.807) is 4.68 Å². The molecule has 0 bridgehead atoms. The number of aromatic nitrogens is 4. The summed E-state index contributed by atoms with van der Waals surface area (Å²) in [6.45, 7) is 9.04. The first-order chi connectivity index (χ1) is 16.1. The molecule has 2 heterocycles. The first-order valence-corrected chi connectivity index (χ1v) is 14.7. The van der Waals surface area contributed by atoms with Crippen LogP contribution in [-0.4, -0.2) is 40.5 Å². The summed E-state index contributed by atoms with van der Waals surface area (Å²) in [7, 11) is 0.463. The monoisotopic (exact) mass is 470 g/mol. The van der Waals surface area contributed by atoms with E-state index in [0.29, 0.717) is 18.3 Å². The highest BCUT2D eigenvalue weighted by molar-refractivity contribution is 6.83. The predicted molar refractivity (Wildman–Crippen MR) is 141 cm³/mol. The lowest BCUT2D eigenvalue weighted by molar-refractivity contribution is 0.296. The van der Waals surface area contributed by atoms with Gasteiger partial charge in [-0.05, 0) is 42.8 Å². The highest BCUT2D eigenvalue weighted by Gasteiger charge is 2.10. The molecule has 2 aromatic heterocycles. The first kappa shape index (κ1) is 23.5. The van der Waals surface area contributed by atoms with Gasteiger partial charge < -0.3 is 15.8 Å². The van der Waals surface area contributed by atoms with E-state index in [9.17, 15) is 0 Å². The normalized spacial score (nSPS) is 12.2. The van der Waals surface area contributed by atoms with E-state index in [-0.39, 0.29) is 6.04 Å². The number of rotatable bonds is 6. The van der Waals surface area contributed by atoms with Crippen LogP contribution in [0.5, 0.6) is 5.75 Å². The predicted octanol–water partition coefficient (Wildman–Crippen LogP) is 4.73. The van der Waals surface area contributed by atoms with Gasteiger partial charge in [0.2, 0.25) is 5.95 Å². The molecule has 34 heavy (non-hydrogen) atoms. The van der Waals surface area contributed by atoms with Crippen molar-refractivity contribution in [2.75, 3.05) is 11.9 Å². The molecule has 0 saturated heterocycles. The number of aryl methyl sites for hydroxylation is 1. The van der Waals surface area contributed by atoms with Crippen LogP contribution in [-0.2, 0) is 7.05 Å². The molecule has 0 aliphatic carbocycles. The zero-order valence-corrected chi connectivity index (χ0v) is 21.3. The Hall–Kier alpha value is -3.67. The van der Waals surface area contributed by atoms with Crippen molar-refractivity contribution < 1.29 is 4.74 Å². The summed E-state index contributed by atoms with van der Waals surface area (Å²) in [5, 5.41) is 8.56. The third-order valence-electron chi connectivity index (χ3n) is 4.88. The molecule has 0 amide bonds. The van der Waals surface area contributed by atoms with Crippen molar-refractivity contribution in [1.82, 2.24) is 19.7 Å². The number of benzene rings is 2. The molecule has 0 aliphatic heterocycles. The van der Waals surface area contributed by atoms with Crippen LogP contribution >= 0.6 is 0 Å². The van der Waals surface area contributed by atoms with E-state index in [1.807, 2.05) is 69.0 Å². The quantitative estimate of drug-likeness (QED) is 0.313. The van der Waals surface area contributed by atoms with Crippen molar-refractivity contribution >= 4 is 30.6 Å². The summed E-state index contributed by atoms with van der Waals surface area (Å²) in [6.07, 6.45) is 5.61. The minimum absolute atomic E-state index is 0.0670. The zero-order chi connectivity index (χ0) is 24.3. The molecular formula is C26H30N6OSi. The van der Waals surface area contributed by atoms with Crippen LogP contribution in [0.25, 0.3) is 22.0 Å². The standard InChI is InChI=1S/C26H30N6OSi/c1-18(27)17-33-24-12-20(22-15-29-32(2)16-22)11-23(13-24)30-26-28-14-21-10-19(6-7-25(21)31-26)8-9-34(3,4)5/h6-7,10-16,18H,17,27H2,1-5H3,(H,28,30,31). The summed E-state index contributed by atoms with van der Waals surface area (Å²) in [6, 6.07) is 11.9. The minimum atomic E-state index is -1.43. The summed E-state index contributed by atoms with van der Waals surface area (Å²) in [4.78, 5) is 9.22. The van der Waals surface area contributed by atoms with E-state index in [2.05, 4.69) is 46.5 Å². The van der Waals surface area contributed by atoms with Crippen molar-refractivity contribution in [1.29, 1.82) is 0 Å². The van der Waals surface area contributed by atoms with Gasteiger partial charge in [0.05, 0.1) is 11.7 Å². The van der Waals surface area contributed by atoms with E-state index < -0.39 is 8.07 Å². The number of nitrogens with one attached hydrogen (secondary N) is 1. The Morgan fingerprint density at radius 2 is 1.94 bits per heavy atom. The number of anilines is 2. The molecule has 3 N–H and O–H groups in total. The van der Waals surface area contributed by atoms with Crippen molar-refractivity contribution in [3.05, 3.63) is 60.6 Å². The molecule has 8 heteroatoms. The van der Waals surface area contributed by atoms with Gasteiger partial charge in [-0.15, -0.1) is 5.54 Å². The lowest BCUT2D eigenvalue weighted by Crippen LogP contribution is -2.23. The maximum absolute atomic E-state index is 5.90. The Morgan fingerprint density at radius 1 is 1.12 bits per heavy atom. The third kappa shape index (κ3) is 6.22. The van der Waals surface area contributed by atoms with Crippen LogP contribution in [0, 0.1) is 11.5 Å². The fraction of sp³-hybridized carbons (Fsp3) is 0.269. The first-order valence-electron chi connectivity index (χ1n) is 11.2. The van der Waals surface area contributed by atoms with Gasteiger partial charge in [-0.1, -0.05) is 25.6 Å². The van der Waals surface area contributed by atoms with Crippen molar-refractivity contribution in [2.24, 2.45) is 12.8 Å². The van der Waals surface area contributed by atoms with Crippen molar-refractivity contribution in [3.63, 3.8) is 0 Å². The largest absolute Gasteiger partial charge is 0.492 e. The summed E-state index contributed by atoms with van der Waals surface area (Å²) in [5.41, 5.74) is 13.9. The van der Waals surface area contributed by atoms with E-state index in [0.717, 1.165) is 33.3 Å². The maximum atomic E-state index is 5.90. The van der Waals surface area contributed by atoms with Gasteiger partial charge in [0, 0.05) is 53.8 Å². The van der Waals surface area contributed by atoms with E-state index >= 15 is 0 Å². The average molecular weight is 471 g/mol. The van der Waals surface area contributed by atoms with Gasteiger partial charge in [-0.25, -0.2) is 9.97 Å².